The molecule has 0 saturated carbocycles. The van der Waals surface area contributed by atoms with Gasteiger partial charge in [-0.15, -0.1) is 0 Å². The average molecular weight is 311 g/mol. The maximum Gasteiger partial charge on any atom is 0.227 e. The van der Waals surface area contributed by atoms with Gasteiger partial charge in [-0.1, -0.05) is 36.0 Å². The zero-order chi connectivity index (χ0) is 15.4. The number of aromatic nitrogens is 2. The Morgan fingerprint density at radius 3 is 2.41 bits per heavy atom. The van der Waals surface area contributed by atoms with Crippen LogP contribution in [-0.4, -0.2) is 9.97 Å². The molecule has 110 valence electrons. The third-order valence-electron chi connectivity index (χ3n) is 3.09. The molecule has 3 aromatic rings. The summed E-state index contributed by atoms with van der Waals surface area (Å²) < 4.78 is 14.2. The molecule has 0 fully saturated rings. The molecule has 0 unspecified atom stereocenters. The lowest BCUT2D eigenvalue weighted by atomic mass is 10.2. The van der Waals surface area contributed by atoms with Gasteiger partial charge in [-0.05, 0) is 36.8 Å². The molecule has 0 amide bonds. The van der Waals surface area contributed by atoms with Crippen LogP contribution in [0.25, 0.3) is 0 Å². The highest BCUT2D eigenvalue weighted by molar-refractivity contribution is 7.99. The molecule has 22 heavy (non-hydrogen) atoms. The summed E-state index contributed by atoms with van der Waals surface area (Å²) in [5.74, 6) is 0.0465. The van der Waals surface area contributed by atoms with Gasteiger partial charge in [-0.25, -0.2) is 14.4 Å². The molecule has 0 atom stereocenters. The highest BCUT2D eigenvalue weighted by Crippen LogP contribution is 2.37. The molecule has 3 rings (SSSR count). The Morgan fingerprint density at radius 2 is 1.64 bits per heavy atom. The number of para-hydroxylation sites is 1. The van der Waals surface area contributed by atoms with Crippen molar-refractivity contribution >= 4 is 23.4 Å². The topological polar surface area (TPSA) is 37.8 Å². The molecule has 0 aliphatic heterocycles. The van der Waals surface area contributed by atoms with Gasteiger partial charge in [0.1, 0.15) is 5.82 Å². The number of aryl methyl sites for hydroxylation is 1. The minimum atomic E-state index is -0.328. The van der Waals surface area contributed by atoms with Crippen molar-refractivity contribution in [1.29, 1.82) is 0 Å². The number of nitrogens with zero attached hydrogens (tertiary/aromatic N) is 2. The maximum absolute atomic E-state index is 14.2. The summed E-state index contributed by atoms with van der Waals surface area (Å²) in [5.41, 5.74) is 1.54. The molecule has 1 aromatic heterocycles. The largest absolute Gasteiger partial charge is 0.321 e. The molecule has 0 radical (unpaired) electrons. The zero-order valence-corrected chi connectivity index (χ0v) is 12.8. The van der Waals surface area contributed by atoms with E-state index in [0.29, 0.717) is 11.6 Å². The van der Waals surface area contributed by atoms with Gasteiger partial charge in [0.25, 0.3) is 0 Å². The number of anilines is 2. The first kappa shape index (κ1) is 14.5. The van der Waals surface area contributed by atoms with Crippen LogP contribution in [0.3, 0.4) is 0 Å². The summed E-state index contributed by atoms with van der Waals surface area (Å²) in [6.45, 7) is 2.04. The number of hydrogen-bond donors (Lipinski definition) is 1. The van der Waals surface area contributed by atoms with E-state index in [1.54, 1.807) is 24.5 Å². The fraction of sp³-hybridized carbons (Fsp3) is 0.0588. The standard InChI is InChI=1S/C17H14FN3S/c1-12-6-2-3-8-14(12)22-15-9-4-7-13(18)16(15)21-17-19-10-5-11-20-17/h2-11H,1H3,(H,19,20,21). The molecule has 0 aliphatic carbocycles. The third-order valence-corrected chi connectivity index (χ3v) is 4.33. The van der Waals surface area contributed by atoms with Crippen molar-refractivity contribution < 1.29 is 4.39 Å². The molecule has 0 bridgehead atoms. The summed E-state index contributed by atoms with van der Waals surface area (Å²) >= 11 is 1.52. The van der Waals surface area contributed by atoms with Gasteiger partial charge in [0, 0.05) is 22.2 Å². The SMILES string of the molecule is Cc1ccccc1Sc1cccc(F)c1Nc1ncccn1. The van der Waals surface area contributed by atoms with Gasteiger partial charge in [-0.3, -0.25) is 0 Å². The van der Waals surface area contributed by atoms with Crippen LogP contribution in [0.5, 0.6) is 0 Å². The Morgan fingerprint density at radius 1 is 0.909 bits per heavy atom. The van der Waals surface area contributed by atoms with Gasteiger partial charge >= 0.3 is 0 Å². The third kappa shape index (κ3) is 3.26. The van der Waals surface area contributed by atoms with Gasteiger partial charge in [0.05, 0.1) is 5.69 Å². The van der Waals surface area contributed by atoms with Crippen molar-refractivity contribution in [3.63, 3.8) is 0 Å². The number of halogens is 1. The van der Waals surface area contributed by atoms with Crippen LogP contribution in [0.4, 0.5) is 16.0 Å². The maximum atomic E-state index is 14.2. The van der Waals surface area contributed by atoms with Crippen molar-refractivity contribution in [2.45, 2.75) is 16.7 Å². The summed E-state index contributed by atoms with van der Waals surface area (Å²) in [6, 6.07) is 14.7. The molecule has 0 saturated heterocycles. The normalized spacial score (nSPS) is 10.5. The number of rotatable bonds is 4. The minimum Gasteiger partial charge on any atom is -0.321 e. The van der Waals surface area contributed by atoms with Crippen LogP contribution < -0.4 is 5.32 Å². The van der Waals surface area contributed by atoms with E-state index >= 15 is 0 Å². The van der Waals surface area contributed by atoms with Crippen LogP contribution in [0.2, 0.25) is 0 Å². The molecule has 5 heteroatoms. The molecule has 3 nitrogen and oxygen atoms in total. The highest BCUT2D eigenvalue weighted by Gasteiger charge is 2.12. The average Bonchev–Trinajstić information content (AvgIpc) is 2.54. The molecule has 0 spiro atoms. The van der Waals surface area contributed by atoms with Crippen LogP contribution >= 0.6 is 11.8 Å². The van der Waals surface area contributed by atoms with E-state index in [1.807, 2.05) is 37.3 Å². The number of hydrogen-bond acceptors (Lipinski definition) is 4. The first-order valence-electron chi connectivity index (χ1n) is 6.80. The van der Waals surface area contributed by atoms with E-state index in [2.05, 4.69) is 15.3 Å². The van der Waals surface area contributed by atoms with Crippen LogP contribution in [-0.2, 0) is 0 Å². The monoisotopic (exact) mass is 311 g/mol. The Kier molecular flexibility index (Phi) is 4.34. The summed E-state index contributed by atoms with van der Waals surface area (Å²) in [6.07, 6.45) is 3.23. The van der Waals surface area contributed by atoms with E-state index in [1.165, 1.54) is 17.8 Å². The lowest BCUT2D eigenvalue weighted by molar-refractivity contribution is 0.628. The van der Waals surface area contributed by atoms with Crippen LogP contribution in [0, 0.1) is 12.7 Å². The molecule has 2 aromatic carbocycles. The number of nitrogens with one attached hydrogen (secondary N) is 1. The zero-order valence-electron chi connectivity index (χ0n) is 12.0. The lowest BCUT2D eigenvalue weighted by Gasteiger charge is -2.12. The van der Waals surface area contributed by atoms with E-state index in [-0.39, 0.29) is 5.82 Å². The first-order valence-corrected chi connectivity index (χ1v) is 7.62. The van der Waals surface area contributed by atoms with Gasteiger partial charge in [-0.2, -0.15) is 0 Å². The van der Waals surface area contributed by atoms with E-state index in [9.17, 15) is 4.39 Å². The van der Waals surface area contributed by atoms with Crippen molar-refractivity contribution in [1.82, 2.24) is 9.97 Å². The van der Waals surface area contributed by atoms with Gasteiger partial charge < -0.3 is 5.32 Å². The Balaban J connectivity index is 1.95. The van der Waals surface area contributed by atoms with Crippen molar-refractivity contribution in [2.75, 3.05) is 5.32 Å². The summed E-state index contributed by atoms with van der Waals surface area (Å²) in [4.78, 5) is 10.0. The predicted octanol–water partition coefficient (Wildman–Crippen LogP) is 4.82. The predicted molar refractivity (Wildman–Crippen MR) is 87.0 cm³/mol. The fourth-order valence-electron chi connectivity index (χ4n) is 1.98. The fourth-order valence-corrected chi connectivity index (χ4v) is 2.99. The molecule has 0 aliphatic rings. The van der Waals surface area contributed by atoms with Crippen molar-refractivity contribution in [2.24, 2.45) is 0 Å². The number of benzene rings is 2. The molecule has 1 N–H and O–H groups in total. The second-order valence-corrected chi connectivity index (χ2v) is 5.76. The van der Waals surface area contributed by atoms with Crippen LogP contribution in [0.1, 0.15) is 5.56 Å². The smallest absolute Gasteiger partial charge is 0.227 e. The lowest BCUT2D eigenvalue weighted by Crippen LogP contribution is -2.00. The molecule has 1 heterocycles. The Hall–Kier alpha value is -2.40. The summed E-state index contributed by atoms with van der Waals surface area (Å²) in [5, 5.41) is 2.96. The van der Waals surface area contributed by atoms with Crippen molar-refractivity contribution in [3.05, 3.63) is 72.3 Å². The minimum absolute atomic E-state index is 0.328. The Bertz CT molecular complexity index is 778. The van der Waals surface area contributed by atoms with Crippen LogP contribution in [0.15, 0.2) is 70.7 Å². The van der Waals surface area contributed by atoms with Gasteiger partial charge in [0.15, 0.2) is 0 Å². The second-order valence-electron chi connectivity index (χ2n) is 4.68. The summed E-state index contributed by atoms with van der Waals surface area (Å²) in [7, 11) is 0. The highest BCUT2D eigenvalue weighted by atomic mass is 32.2. The molecular weight excluding hydrogens is 297 g/mol. The second kappa shape index (κ2) is 6.58. The Labute approximate surface area is 132 Å². The van der Waals surface area contributed by atoms with E-state index < -0.39 is 0 Å². The molecular formula is C17H14FN3S. The van der Waals surface area contributed by atoms with E-state index in [4.69, 9.17) is 0 Å². The van der Waals surface area contributed by atoms with Crippen molar-refractivity contribution in [3.8, 4) is 0 Å². The van der Waals surface area contributed by atoms with Gasteiger partial charge in [0.2, 0.25) is 5.95 Å². The first-order chi connectivity index (χ1) is 10.7. The van der Waals surface area contributed by atoms with E-state index in [0.717, 1.165) is 15.4 Å². The quantitative estimate of drug-likeness (QED) is 0.749.